The molecule has 8 heteroatoms. The van der Waals surface area contributed by atoms with E-state index in [0.717, 1.165) is 0 Å². The minimum atomic E-state index is -3.76. The number of methoxy groups -OCH3 is 1. The predicted octanol–water partition coefficient (Wildman–Crippen LogP) is 0.511. The Balaban J connectivity index is 2.26. The Morgan fingerprint density at radius 3 is 2.71 bits per heavy atom. The molecule has 1 aromatic rings. The minimum Gasteiger partial charge on any atom is -0.465 e. The molecular weight excluding hydrogens is 296 g/mol. The molecule has 0 bridgehead atoms. The minimum absolute atomic E-state index is 0.00281. The predicted molar refractivity (Wildman–Crippen MR) is 76.3 cm³/mol. The summed E-state index contributed by atoms with van der Waals surface area (Å²) in [6.07, 6.45) is 0.427. The van der Waals surface area contributed by atoms with Crippen LogP contribution < -0.4 is 10.5 Å². The van der Waals surface area contributed by atoms with Gasteiger partial charge >= 0.3 is 5.97 Å². The van der Waals surface area contributed by atoms with Crippen molar-refractivity contribution in [2.45, 2.75) is 30.4 Å². The van der Waals surface area contributed by atoms with E-state index in [4.69, 9.17) is 10.5 Å². The molecule has 0 saturated carbocycles. The van der Waals surface area contributed by atoms with Crippen LogP contribution in [0.3, 0.4) is 0 Å². The molecule has 21 heavy (non-hydrogen) atoms. The van der Waals surface area contributed by atoms with Gasteiger partial charge in [-0.15, -0.1) is 0 Å². The number of carbonyl (C=O) groups is 1. The number of anilines is 1. The summed E-state index contributed by atoms with van der Waals surface area (Å²) >= 11 is 0. The number of nitrogens with two attached hydrogens (primary N) is 1. The highest BCUT2D eigenvalue weighted by Gasteiger charge is 2.30. The van der Waals surface area contributed by atoms with Crippen molar-refractivity contribution in [1.29, 1.82) is 0 Å². The average molecular weight is 314 g/mol. The smallest absolute Gasteiger partial charge is 0.337 e. The number of ether oxygens (including phenoxy) is 2. The van der Waals surface area contributed by atoms with Crippen molar-refractivity contribution in [2.24, 2.45) is 0 Å². The summed E-state index contributed by atoms with van der Waals surface area (Å²) in [7, 11) is -2.52. The highest BCUT2D eigenvalue weighted by molar-refractivity contribution is 7.89. The van der Waals surface area contributed by atoms with Crippen LogP contribution in [0.5, 0.6) is 0 Å². The lowest BCUT2D eigenvalue weighted by molar-refractivity contribution is 0.0600. The van der Waals surface area contributed by atoms with Crippen LogP contribution >= 0.6 is 0 Å². The van der Waals surface area contributed by atoms with Gasteiger partial charge in [0.2, 0.25) is 10.0 Å². The molecule has 0 spiro atoms. The molecule has 0 aromatic heterocycles. The van der Waals surface area contributed by atoms with Crippen LogP contribution in [0.15, 0.2) is 23.1 Å². The van der Waals surface area contributed by atoms with Gasteiger partial charge in [-0.3, -0.25) is 0 Å². The number of hydrogen-bond donors (Lipinski definition) is 2. The number of sulfonamides is 1. The Hall–Kier alpha value is -1.64. The van der Waals surface area contributed by atoms with Gasteiger partial charge in [-0.1, -0.05) is 0 Å². The van der Waals surface area contributed by atoms with Crippen molar-refractivity contribution >= 4 is 21.7 Å². The Morgan fingerprint density at radius 2 is 2.19 bits per heavy atom. The van der Waals surface area contributed by atoms with Gasteiger partial charge in [0.15, 0.2) is 0 Å². The Kier molecular flexibility index (Phi) is 4.50. The summed E-state index contributed by atoms with van der Waals surface area (Å²) in [5.74, 6) is -0.573. The zero-order valence-electron chi connectivity index (χ0n) is 11.8. The van der Waals surface area contributed by atoms with E-state index in [9.17, 15) is 13.2 Å². The number of nitrogen functional groups attached to an aromatic ring is 1. The van der Waals surface area contributed by atoms with E-state index < -0.39 is 16.0 Å². The molecule has 2 atom stereocenters. The van der Waals surface area contributed by atoms with Crippen LogP contribution in [0.4, 0.5) is 5.69 Å². The van der Waals surface area contributed by atoms with Crippen molar-refractivity contribution in [2.75, 3.05) is 19.5 Å². The van der Waals surface area contributed by atoms with Crippen molar-refractivity contribution in [3.8, 4) is 0 Å². The molecule has 116 valence electrons. The highest BCUT2D eigenvalue weighted by atomic mass is 32.2. The third kappa shape index (κ3) is 3.34. The van der Waals surface area contributed by atoms with Gasteiger partial charge in [-0.2, -0.15) is 0 Å². The molecule has 1 aliphatic rings. The van der Waals surface area contributed by atoms with E-state index in [1.54, 1.807) is 0 Å². The van der Waals surface area contributed by atoms with Crippen LogP contribution in [0.25, 0.3) is 0 Å². The van der Waals surface area contributed by atoms with Gasteiger partial charge in [0.25, 0.3) is 0 Å². The molecule has 1 aliphatic heterocycles. The Bertz CT molecular complexity index is 644. The number of esters is 1. The quantitative estimate of drug-likeness (QED) is 0.619. The standard InChI is InChI=1S/C13H18N2O5S/c1-8-11(5-6-20-8)15-21(17,18)12-4-3-9(7-10(12)14)13(16)19-2/h3-4,7-8,11,15H,5-6,14H2,1-2H3. The van der Waals surface area contributed by atoms with Gasteiger partial charge in [0, 0.05) is 6.61 Å². The Morgan fingerprint density at radius 1 is 1.48 bits per heavy atom. The van der Waals surface area contributed by atoms with Gasteiger partial charge < -0.3 is 15.2 Å². The molecule has 2 rings (SSSR count). The van der Waals surface area contributed by atoms with E-state index >= 15 is 0 Å². The molecule has 0 radical (unpaired) electrons. The molecule has 1 aromatic carbocycles. The van der Waals surface area contributed by atoms with Crippen LogP contribution in [-0.4, -0.2) is 40.2 Å². The number of carbonyl (C=O) groups excluding carboxylic acids is 1. The molecular formula is C13H18N2O5S. The van der Waals surface area contributed by atoms with Crippen molar-refractivity contribution < 1.29 is 22.7 Å². The first kappa shape index (κ1) is 15.7. The topological polar surface area (TPSA) is 108 Å². The summed E-state index contributed by atoms with van der Waals surface area (Å²) in [5, 5.41) is 0. The van der Waals surface area contributed by atoms with E-state index in [-0.39, 0.29) is 28.3 Å². The second-order valence-electron chi connectivity index (χ2n) is 4.84. The summed E-state index contributed by atoms with van der Waals surface area (Å²) in [6.45, 7) is 2.33. The first-order valence-electron chi connectivity index (χ1n) is 6.47. The molecule has 3 N–H and O–H groups in total. The van der Waals surface area contributed by atoms with Crippen LogP contribution in [0, 0.1) is 0 Å². The van der Waals surface area contributed by atoms with Gasteiger partial charge in [-0.25, -0.2) is 17.9 Å². The second kappa shape index (κ2) is 6.00. The fraction of sp³-hybridized carbons (Fsp3) is 0.462. The lowest BCUT2D eigenvalue weighted by Gasteiger charge is -2.17. The summed E-state index contributed by atoms with van der Waals surface area (Å²) < 4.78 is 37.1. The maximum atomic E-state index is 12.3. The van der Waals surface area contributed by atoms with Gasteiger partial charge in [0.1, 0.15) is 4.90 Å². The van der Waals surface area contributed by atoms with E-state index in [2.05, 4.69) is 9.46 Å². The third-order valence-electron chi connectivity index (χ3n) is 3.40. The number of hydrogen-bond acceptors (Lipinski definition) is 6. The lowest BCUT2D eigenvalue weighted by Crippen LogP contribution is -2.39. The largest absolute Gasteiger partial charge is 0.465 e. The van der Waals surface area contributed by atoms with Crippen LogP contribution in [0.1, 0.15) is 23.7 Å². The molecule has 1 heterocycles. The summed E-state index contributed by atoms with van der Waals surface area (Å²) in [5.41, 5.74) is 5.95. The zero-order valence-corrected chi connectivity index (χ0v) is 12.6. The second-order valence-corrected chi connectivity index (χ2v) is 6.52. The zero-order chi connectivity index (χ0) is 15.6. The van der Waals surface area contributed by atoms with Gasteiger partial charge in [-0.05, 0) is 31.5 Å². The SMILES string of the molecule is COC(=O)c1ccc(S(=O)(=O)NC2CCOC2C)c(N)c1. The lowest BCUT2D eigenvalue weighted by atomic mass is 10.2. The maximum Gasteiger partial charge on any atom is 0.337 e. The number of benzene rings is 1. The first-order valence-corrected chi connectivity index (χ1v) is 7.95. The van der Waals surface area contributed by atoms with Crippen molar-refractivity contribution in [3.63, 3.8) is 0 Å². The van der Waals surface area contributed by atoms with E-state index in [1.165, 1.54) is 25.3 Å². The fourth-order valence-electron chi connectivity index (χ4n) is 2.19. The summed E-state index contributed by atoms with van der Waals surface area (Å²) in [4.78, 5) is 11.3. The van der Waals surface area contributed by atoms with E-state index in [0.29, 0.717) is 13.0 Å². The van der Waals surface area contributed by atoms with Crippen LogP contribution in [-0.2, 0) is 19.5 Å². The average Bonchev–Trinajstić information content (AvgIpc) is 2.82. The highest BCUT2D eigenvalue weighted by Crippen LogP contribution is 2.22. The monoisotopic (exact) mass is 314 g/mol. The molecule has 0 amide bonds. The van der Waals surface area contributed by atoms with Crippen molar-refractivity contribution in [1.82, 2.24) is 4.72 Å². The fourth-order valence-corrected chi connectivity index (χ4v) is 3.64. The normalized spacial score (nSPS) is 22.2. The van der Waals surface area contributed by atoms with Gasteiger partial charge in [0.05, 0.1) is 30.5 Å². The first-order chi connectivity index (χ1) is 9.85. The number of nitrogens with one attached hydrogen (secondary N) is 1. The summed E-state index contributed by atoms with van der Waals surface area (Å²) in [6, 6.07) is 3.67. The molecule has 1 fully saturated rings. The Labute approximate surface area is 123 Å². The van der Waals surface area contributed by atoms with Crippen LogP contribution in [0.2, 0.25) is 0 Å². The van der Waals surface area contributed by atoms with E-state index in [1.807, 2.05) is 6.92 Å². The molecule has 2 unspecified atom stereocenters. The maximum absolute atomic E-state index is 12.3. The van der Waals surface area contributed by atoms with Crippen molar-refractivity contribution in [3.05, 3.63) is 23.8 Å². The molecule has 1 saturated heterocycles. The third-order valence-corrected chi connectivity index (χ3v) is 4.97. The number of rotatable bonds is 4. The molecule has 0 aliphatic carbocycles. The molecule has 7 nitrogen and oxygen atoms in total.